The molecule has 140 valence electrons. The zero-order valence-corrected chi connectivity index (χ0v) is 14.5. The average molecular weight is 378 g/mol. The molecule has 28 heavy (non-hydrogen) atoms. The number of carbonyl (C=O) groups is 2. The van der Waals surface area contributed by atoms with E-state index in [0.717, 1.165) is 11.1 Å². The molecule has 2 aliphatic rings. The van der Waals surface area contributed by atoms with E-state index in [1.165, 1.54) is 12.1 Å². The number of fused-ring (bicyclic) bond motifs is 2. The lowest BCUT2D eigenvalue weighted by atomic mass is 9.90. The molecule has 2 aromatic carbocycles. The van der Waals surface area contributed by atoms with Gasteiger partial charge in [-0.25, -0.2) is 4.79 Å². The summed E-state index contributed by atoms with van der Waals surface area (Å²) in [5.41, 5.74) is 1.75. The average Bonchev–Trinajstić information content (AvgIpc) is 3.35. The molecule has 0 saturated carbocycles. The third-order valence-electron chi connectivity index (χ3n) is 4.86. The normalized spacial score (nSPS) is 17.1. The number of furan rings is 1. The van der Waals surface area contributed by atoms with Crippen LogP contribution >= 0.6 is 0 Å². The summed E-state index contributed by atoms with van der Waals surface area (Å²) in [7, 11) is 0. The van der Waals surface area contributed by atoms with Crippen LogP contribution in [-0.4, -0.2) is 23.8 Å². The van der Waals surface area contributed by atoms with Gasteiger partial charge in [0, 0.05) is 17.2 Å². The van der Waals surface area contributed by atoms with Gasteiger partial charge in [0.25, 0.3) is 0 Å². The Hall–Kier alpha value is -3.74. The Labute approximate surface area is 159 Å². The van der Waals surface area contributed by atoms with Crippen molar-refractivity contribution in [3.05, 3.63) is 65.4 Å². The van der Waals surface area contributed by atoms with Crippen LogP contribution in [0.4, 0.5) is 0 Å². The number of carbonyl (C=O) groups excluding carboxylic acids is 1. The second kappa shape index (κ2) is 6.16. The van der Waals surface area contributed by atoms with Crippen LogP contribution in [0, 0.1) is 0 Å². The minimum Gasteiger partial charge on any atom is -0.478 e. The second-order valence-corrected chi connectivity index (χ2v) is 6.56. The number of carboxylic acid groups (broad SMARTS) is 1. The van der Waals surface area contributed by atoms with Gasteiger partial charge in [0.05, 0.1) is 17.9 Å². The molecule has 0 saturated heterocycles. The highest BCUT2D eigenvalue weighted by atomic mass is 16.7. The molecule has 0 unspecified atom stereocenters. The van der Waals surface area contributed by atoms with E-state index in [2.05, 4.69) is 0 Å². The van der Waals surface area contributed by atoms with Crippen molar-refractivity contribution in [1.29, 1.82) is 0 Å². The number of carboxylic acids is 1. The first kappa shape index (κ1) is 16.4. The van der Waals surface area contributed by atoms with Gasteiger partial charge >= 0.3 is 11.9 Å². The van der Waals surface area contributed by atoms with E-state index in [1.54, 1.807) is 24.3 Å². The van der Waals surface area contributed by atoms with Crippen molar-refractivity contribution in [3.63, 3.8) is 0 Å². The van der Waals surface area contributed by atoms with Crippen molar-refractivity contribution in [2.75, 3.05) is 6.79 Å². The summed E-state index contributed by atoms with van der Waals surface area (Å²) < 4.78 is 22.2. The van der Waals surface area contributed by atoms with Gasteiger partial charge in [0.2, 0.25) is 6.79 Å². The number of hydrogen-bond acceptors (Lipinski definition) is 6. The lowest BCUT2D eigenvalue weighted by Gasteiger charge is -2.23. The number of benzene rings is 2. The second-order valence-electron chi connectivity index (χ2n) is 6.56. The molecule has 7 heteroatoms. The molecule has 0 fully saturated rings. The lowest BCUT2D eigenvalue weighted by Crippen LogP contribution is -2.20. The van der Waals surface area contributed by atoms with Gasteiger partial charge in [-0.2, -0.15) is 0 Å². The molecule has 1 N–H and O–H groups in total. The smallest absolute Gasteiger partial charge is 0.335 e. The first-order chi connectivity index (χ1) is 13.6. The lowest BCUT2D eigenvalue weighted by molar-refractivity contribution is -0.135. The Bertz CT molecular complexity index is 1090. The first-order valence-corrected chi connectivity index (χ1v) is 8.66. The zero-order valence-electron chi connectivity index (χ0n) is 14.5. The SMILES string of the molecule is O=C1C[C@@H](c2ccc(-c3ccc(C(=O)O)cc3)o2)c2cc3c(cc2O1)OCO3. The summed E-state index contributed by atoms with van der Waals surface area (Å²) in [6, 6.07) is 13.5. The van der Waals surface area contributed by atoms with Crippen LogP contribution in [0.1, 0.15) is 34.0 Å². The number of aromatic carboxylic acids is 1. The van der Waals surface area contributed by atoms with Crippen LogP contribution in [-0.2, 0) is 4.79 Å². The van der Waals surface area contributed by atoms with Gasteiger partial charge in [0.15, 0.2) is 11.5 Å². The quantitative estimate of drug-likeness (QED) is 0.547. The summed E-state index contributed by atoms with van der Waals surface area (Å²) in [5.74, 6) is 1.17. The van der Waals surface area contributed by atoms with E-state index in [1.807, 2.05) is 12.1 Å². The molecule has 0 radical (unpaired) electrons. The Morgan fingerprint density at radius 2 is 1.71 bits per heavy atom. The number of esters is 1. The van der Waals surface area contributed by atoms with Crippen LogP contribution in [0.15, 0.2) is 52.9 Å². The predicted molar refractivity (Wildman–Crippen MR) is 95.8 cm³/mol. The highest BCUT2D eigenvalue weighted by Crippen LogP contribution is 2.46. The molecule has 7 nitrogen and oxygen atoms in total. The standard InChI is InChI=1S/C21H14O7/c22-20-8-14(13-7-18-19(26-10-25-18)9-17(13)28-20)16-6-5-15(27-16)11-1-3-12(4-2-11)21(23)24/h1-7,9,14H,8,10H2,(H,23,24)/t14-/m1/s1. The third-order valence-corrected chi connectivity index (χ3v) is 4.86. The monoisotopic (exact) mass is 378 g/mol. The predicted octanol–water partition coefficient (Wildman–Crippen LogP) is 3.81. The molecule has 0 aliphatic carbocycles. The minimum absolute atomic E-state index is 0.133. The summed E-state index contributed by atoms with van der Waals surface area (Å²) in [6.45, 7) is 0.133. The Morgan fingerprint density at radius 1 is 0.964 bits per heavy atom. The molecular formula is C21H14O7. The topological polar surface area (TPSA) is 95.2 Å². The highest BCUT2D eigenvalue weighted by molar-refractivity contribution is 5.88. The van der Waals surface area contributed by atoms with Crippen LogP contribution in [0.3, 0.4) is 0 Å². The van der Waals surface area contributed by atoms with Crippen molar-refractivity contribution in [3.8, 4) is 28.6 Å². The van der Waals surface area contributed by atoms with Crippen LogP contribution in [0.2, 0.25) is 0 Å². The molecule has 0 amide bonds. The largest absolute Gasteiger partial charge is 0.478 e. The summed E-state index contributed by atoms with van der Waals surface area (Å²) in [4.78, 5) is 23.1. The van der Waals surface area contributed by atoms with Crippen molar-refractivity contribution in [2.45, 2.75) is 12.3 Å². The van der Waals surface area contributed by atoms with Gasteiger partial charge in [0.1, 0.15) is 17.3 Å². The molecule has 1 atom stereocenters. The molecule has 0 spiro atoms. The number of hydrogen-bond donors (Lipinski definition) is 1. The fourth-order valence-electron chi connectivity index (χ4n) is 3.47. The van der Waals surface area contributed by atoms with Gasteiger partial charge < -0.3 is 23.7 Å². The first-order valence-electron chi connectivity index (χ1n) is 8.66. The summed E-state index contributed by atoms with van der Waals surface area (Å²) >= 11 is 0. The summed E-state index contributed by atoms with van der Waals surface area (Å²) in [6.07, 6.45) is 0.150. The van der Waals surface area contributed by atoms with Gasteiger partial charge in [-0.15, -0.1) is 0 Å². The minimum atomic E-state index is -0.984. The zero-order chi connectivity index (χ0) is 19.3. The van der Waals surface area contributed by atoms with Gasteiger partial charge in [-0.3, -0.25) is 4.79 Å². The Kier molecular flexibility index (Phi) is 3.61. The molecule has 1 aromatic heterocycles. The fourth-order valence-corrected chi connectivity index (χ4v) is 3.47. The number of rotatable bonds is 3. The van der Waals surface area contributed by atoms with E-state index in [0.29, 0.717) is 28.8 Å². The van der Waals surface area contributed by atoms with Crippen LogP contribution in [0.25, 0.3) is 11.3 Å². The molecule has 2 aliphatic heterocycles. The Morgan fingerprint density at radius 3 is 2.46 bits per heavy atom. The Balaban J connectivity index is 1.51. The summed E-state index contributed by atoms with van der Waals surface area (Å²) in [5, 5.41) is 9.02. The molecule has 3 heterocycles. The van der Waals surface area contributed by atoms with E-state index in [-0.39, 0.29) is 30.7 Å². The third kappa shape index (κ3) is 2.68. The number of ether oxygens (including phenoxy) is 3. The fraction of sp³-hybridized carbons (Fsp3) is 0.143. The molecule has 5 rings (SSSR count). The van der Waals surface area contributed by atoms with Gasteiger partial charge in [-0.1, -0.05) is 12.1 Å². The van der Waals surface area contributed by atoms with Crippen molar-refractivity contribution in [1.82, 2.24) is 0 Å². The molecule has 3 aromatic rings. The van der Waals surface area contributed by atoms with Crippen molar-refractivity contribution >= 4 is 11.9 Å². The van der Waals surface area contributed by atoms with Crippen molar-refractivity contribution < 1.29 is 33.3 Å². The maximum Gasteiger partial charge on any atom is 0.335 e. The van der Waals surface area contributed by atoms with Crippen LogP contribution < -0.4 is 14.2 Å². The van der Waals surface area contributed by atoms with E-state index in [4.69, 9.17) is 23.7 Å². The van der Waals surface area contributed by atoms with E-state index >= 15 is 0 Å². The highest BCUT2D eigenvalue weighted by Gasteiger charge is 2.33. The maximum absolute atomic E-state index is 12.1. The van der Waals surface area contributed by atoms with Crippen molar-refractivity contribution in [2.24, 2.45) is 0 Å². The molecule has 0 bridgehead atoms. The maximum atomic E-state index is 12.1. The van der Waals surface area contributed by atoms with E-state index < -0.39 is 5.97 Å². The van der Waals surface area contributed by atoms with Gasteiger partial charge in [-0.05, 0) is 30.3 Å². The molecular weight excluding hydrogens is 364 g/mol. The van der Waals surface area contributed by atoms with E-state index in [9.17, 15) is 9.59 Å². The van der Waals surface area contributed by atoms with Crippen LogP contribution in [0.5, 0.6) is 17.2 Å².